The van der Waals surface area contributed by atoms with Crippen LogP contribution in [0.4, 0.5) is 4.79 Å². The van der Waals surface area contributed by atoms with E-state index >= 15 is 0 Å². The SMILES string of the molecule is CC(C)C(CN)NC(=O)[C@H](C(C)C)N(C(=O)CCCC[C@@H](Cc1ccccc1)NC(=O)[C@H](C)NC(=O)OCc1ccccc1)C(=O)C(N)C(C)CO. The summed E-state index contributed by atoms with van der Waals surface area (Å²) in [4.78, 5) is 67.7. The molecular formula is C39H60N6O7. The van der Waals surface area contributed by atoms with E-state index in [0.717, 1.165) is 16.0 Å². The second kappa shape index (κ2) is 22.6. The van der Waals surface area contributed by atoms with E-state index in [1.807, 2.05) is 74.5 Å². The van der Waals surface area contributed by atoms with Crippen molar-refractivity contribution in [2.75, 3.05) is 13.2 Å². The Hall–Kier alpha value is -4.33. The van der Waals surface area contributed by atoms with E-state index < -0.39 is 53.8 Å². The number of carbonyl (C=O) groups is 5. The van der Waals surface area contributed by atoms with Gasteiger partial charge in [0.15, 0.2) is 0 Å². The predicted molar refractivity (Wildman–Crippen MR) is 200 cm³/mol. The smallest absolute Gasteiger partial charge is 0.408 e. The maximum Gasteiger partial charge on any atom is 0.408 e. The first kappa shape index (κ1) is 43.8. The van der Waals surface area contributed by atoms with E-state index in [1.54, 1.807) is 27.7 Å². The van der Waals surface area contributed by atoms with Gasteiger partial charge in [-0.3, -0.25) is 24.1 Å². The number of rotatable bonds is 21. The molecule has 52 heavy (non-hydrogen) atoms. The zero-order valence-corrected chi connectivity index (χ0v) is 31.5. The van der Waals surface area contributed by atoms with Crippen molar-refractivity contribution < 1.29 is 33.8 Å². The molecule has 0 aliphatic rings. The molecule has 2 aromatic rings. The first-order valence-corrected chi connectivity index (χ1v) is 18.2. The van der Waals surface area contributed by atoms with Crippen molar-refractivity contribution in [3.63, 3.8) is 0 Å². The van der Waals surface area contributed by atoms with Crippen LogP contribution in [0.3, 0.4) is 0 Å². The highest BCUT2D eigenvalue weighted by Gasteiger charge is 2.40. The summed E-state index contributed by atoms with van der Waals surface area (Å²) in [5.41, 5.74) is 13.9. The van der Waals surface area contributed by atoms with Gasteiger partial charge >= 0.3 is 6.09 Å². The third-order valence-electron chi connectivity index (χ3n) is 9.06. The number of aliphatic hydroxyl groups excluding tert-OH is 1. The fraction of sp³-hybridized carbons (Fsp3) is 0.564. The summed E-state index contributed by atoms with van der Waals surface area (Å²) in [6.07, 6.45) is 1.11. The maximum absolute atomic E-state index is 13.8. The predicted octanol–water partition coefficient (Wildman–Crippen LogP) is 3.02. The number of aliphatic hydroxyl groups is 1. The Kier molecular flexibility index (Phi) is 19.0. The van der Waals surface area contributed by atoms with Crippen LogP contribution in [0.15, 0.2) is 60.7 Å². The molecule has 0 fully saturated rings. The lowest BCUT2D eigenvalue weighted by Gasteiger charge is -2.36. The van der Waals surface area contributed by atoms with Gasteiger partial charge in [0.05, 0.1) is 6.04 Å². The van der Waals surface area contributed by atoms with Gasteiger partial charge in [-0.1, -0.05) is 102 Å². The van der Waals surface area contributed by atoms with Crippen LogP contribution < -0.4 is 27.4 Å². The van der Waals surface area contributed by atoms with Crippen molar-refractivity contribution in [2.24, 2.45) is 29.2 Å². The molecule has 0 saturated carbocycles. The van der Waals surface area contributed by atoms with Crippen LogP contribution in [0.1, 0.15) is 78.4 Å². The van der Waals surface area contributed by atoms with Gasteiger partial charge in [0.2, 0.25) is 23.6 Å². The van der Waals surface area contributed by atoms with Crippen molar-refractivity contribution in [3.8, 4) is 0 Å². The fourth-order valence-corrected chi connectivity index (χ4v) is 5.66. The Bertz CT molecular complexity index is 1410. The Morgan fingerprint density at radius 2 is 1.38 bits per heavy atom. The molecule has 0 aliphatic heterocycles. The zero-order chi connectivity index (χ0) is 38.8. The summed E-state index contributed by atoms with van der Waals surface area (Å²) in [7, 11) is 0. The topological polar surface area (TPSA) is 206 Å². The summed E-state index contributed by atoms with van der Waals surface area (Å²) in [6.45, 7) is 10.4. The number of ether oxygens (including phenoxy) is 1. The Morgan fingerprint density at radius 3 is 1.92 bits per heavy atom. The molecule has 0 saturated heterocycles. The quantitative estimate of drug-likeness (QED) is 0.105. The highest BCUT2D eigenvalue weighted by Crippen LogP contribution is 2.19. The molecule has 2 aromatic carbocycles. The van der Waals surface area contributed by atoms with Gasteiger partial charge in [-0.25, -0.2) is 4.79 Å². The first-order valence-electron chi connectivity index (χ1n) is 18.2. The standard InChI is InChI=1S/C39H60N6O7/c1-25(2)32(22-40)44-37(49)35(26(3)4)45(38(50)34(41)27(5)23-46)33(47)20-14-13-19-31(21-29-15-9-7-10-16-29)43-36(48)28(6)42-39(51)52-24-30-17-11-8-12-18-30/h7-12,15-18,25-28,31-32,34-35,46H,13-14,19-24,40-41H2,1-6H3,(H,42,51)(H,43,48)(H,44,49)/t27?,28-,31-,32?,34?,35-/m0/s1. The number of nitrogens with two attached hydrogens (primary N) is 2. The third-order valence-corrected chi connectivity index (χ3v) is 9.06. The molecule has 0 aliphatic carbocycles. The van der Waals surface area contributed by atoms with Crippen LogP contribution in [0, 0.1) is 17.8 Å². The van der Waals surface area contributed by atoms with Gasteiger partial charge in [0, 0.05) is 37.6 Å². The maximum atomic E-state index is 13.8. The van der Waals surface area contributed by atoms with E-state index in [2.05, 4.69) is 16.0 Å². The van der Waals surface area contributed by atoms with Gasteiger partial charge in [0.25, 0.3) is 0 Å². The number of amides is 5. The molecule has 3 unspecified atom stereocenters. The van der Waals surface area contributed by atoms with Crippen LogP contribution in [-0.2, 0) is 36.9 Å². The molecule has 0 spiro atoms. The molecule has 2 rings (SSSR count). The van der Waals surface area contributed by atoms with Crippen LogP contribution in [0.2, 0.25) is 0 Å². The van der Waals surface area contributed by atoms with Gasteiger partial charge < -0.3 is 37.3 Å². The van der Waals surface area contributed by atoms with Crippen LogP contribution in [0.5, 0.6) is 0 Å². The van der Waals surface area contributed by atoms with Gasteiger partial charge in [-0.15, -0.1) is 0 Å². The summed E-state index contributed by atoms with van der Waals surface area (Å²) in [5, 5.41) is 18.2. The minimum absolute atomic E-state index is 0.0230. The largest absolute Gasteiger partial charge is 0.445 e. The second-order valence-electron chi connectivity index (χ2n) is 14.1. The second-order valence-corrected chi connectivity index (χ2v) is 14.1. The van der Waals surface area contributed by atoms with E-state index in [1.165, 1.54) is 0 Å². The number of alkyl carbamates (subject to hydrolysis) is 1. The number of unbranched alkanes of at least 4 members (excludes halogenated alkanes) is 1. The highest BCUT2D eigenvalue weighted by molar-refractivity contribution is 6.02. The molecule has 13 heteroatoms. The Balaban J connectivity index is 2.14. The lowest BCUT2D eigenvalue weighted by atomic mass is 9.95. The lowest BCUT2D eigenvalue weighted by Crippen LogP contribution is -2.61. The number of benzene rings is 2. The molecular weight excluding hydrogens is 664 g/mol. The number of hydrogen-bond donors (Lipinski definition) is 6. The summed E-state index contributed by atoms with van der Waals surface area (Å²) >= 11 is 0. The average Bonchev–Trinajstić information content (AvgIpc) is 3.12. The Morgan fingerprint density at radius 1 is 0.788 bits per heavy atom. The van der Waals surface area contributed by atoms with Crippen molar-refractivity contribution in [2.45, 2.75) is 110 Å². The molecule has 6 atom stereocenters. The highest BCUT2D eigenvalue weighted by atomic mass is 16.5. The summed E-state index contributed by atoms with van der Waals surface area (Å²) < 4.78 is 5.26. The minimum atomic E-state index is -1.20. The number of nitrogens with zero attached hydrogens (tertiary/aromatic N) is 1. The van der Waals surface area contributed by atoms with Crippen molar-refractivity contribution in [1.82, 2.24) is 20.9 Å². The average molecular weight is 725 g/mol. The van der Waals surface area contributed by atoms with Crippen LogP contribution in [0.25, 0.3) is 0 Å². The van der Waals surface area contributed by atoms with Crippen LogP contribution in [-0.4, -0.2) is 83.1 Å². The zero-order valence-electron chi connectivity index (χ0n) is 31.5. The van der Waals surface area contributed by atoms with E-state index in [4.69, 9.17) is 16.2 Å². The number of hydrogen-bond acceptors (Lipinski definition) is 9. The lowest BCUT2D eigenvalue weighted by molar-refractivity contribution is -0.155. The molecule has 288 valence electrons. The van der Waals surface area contributed by atoms with Crippen molar-refractivity contribution in [3.05, 3.63) is 71.8 Å². The van der Waals surface area contributed by atoms with Crippen molar-refractivity contribution in [1.29, 1.82) is 0 Å². The normalized spacial score (nSPS) is 14.8. The summed E-state index contributed by atoms with van der Waals surface area (Å²) in [6, 6.07) is 14.9. The third kappa shape index (κ3) is 14.4. The number of nitrogens with one attached hydrogen (secondary N) is 3. The Labute approximate surface area is 308 Å². The van der Waals surface area contributed by atoms with E-state index in [-0.39, 0.29) is 50.1 Å². The molecule has 13 nitrogen and oxygen atoms in total. The van der Waals surface area contributed by atoms with Gasteiger partial charge in [0.1, 0.15) is 18.7 Å². The van der Waals surface area contributed by atoms with E-state index in [0.29, 0.717) is 25.7 Å². The van der Waals surface area contributed by atoms with E-state index in [9.17, 15) is 29.1 Å². The molecule has 5 amide bonds. The molecule has 8 N–H and O–H groups in total. The number of carbonyl (C=O) groups excluding carboxylic acids is 5. The number of imide groups is 1. The molecule has 0 heterocycles. The monoisotopic (exact) mass is 724 g/mol. The first-order chi connectivity index (χ1) is 24.7. The van der Waals surface area contributed by atoms with Gasteiger partial charge in [-0.2, -0.15) is 0 Å². The van der Waals surface area contributed by atoms with Crippen LogP contribution >= 0.6 is 0 Å². The molecule has 0 bridgehead atoms. The van der Waals surface area contributed by atoms with Crippen molar-refractivity contribution >= 4 is 29.7 Å². The summed E-state index contributed by atoms with van der Waals surface area (Å²) in [5.74, 6) is -3.23. The fourth-order valence-electron chi connectivity index (χ4n) is 5.66. The minimum Gasteiger partial charge on any atom is -0.445 e. The van der Waals surface area contributed by atoms with Gasteiger partial charge in [-0.05, 0) is 49.1 Å². The molecule has 0 radical (unpaired) electrons. The molecule has 0 aromatic heterocycles.